The van der Waals surface area contributed by atoms with Crippen LogP contribution in [0.5, 0.6) is 5.75 Å². The van der Waals surface area contributed by atoms with Gasteiger partial charge in [0.25, 0.3) is 0 Å². The van der Waals surface area contributed by atoms with Crippen LogP contribution in [0.25, 0.3) is 0 Å². The summed E-state index contributed by atoms with van der Waals surface area (Å²) >= 11 is 3.40. The molecule has 0 radical (unpaired) electrons. The lowest BCUT2D eigenvalue weighted by molar-refractivity contribution is -0.132. The van der Waals surface area contributed by atoms with Crippen molar-refractivity contribution in [2.45, 2.75) is 19.3 Å². The summed E-state index contributed by atoms with van der Waals surface area (Å²) in [5.74, 6) is 0.902. The molecule has 1 aliphatic rings. The molecule has 0 spiro atoms. The Hall–Kier alpha value is -1.03. The second kappa shape index (κ2) is 6.23. The van der Waals surface area contributed by atoms with E-state index in [2.05, 4.69) is 22.9 Å². The first kappa shape index (κ1) is 13.4. The predicted octanol–water partition coefficient (Wildman–Crippen LogP) is 2.80. The van der Waals surface area contributed by atoms with Crippen molar-refractivity contribution in [2.24, 2.45) is 0 Å². The molecule has 1 amide bonds. The molecule has 1 atom stereocenters. The summed E-state index contributed by atoms with van der Waals surface area (Å²) in [6.07, 6.45) is 0.980. The number of hydrogen-bond acceptors (Lipinski definition) is 2. The first-order valence-corrected chi connectivity index (χ1v) is 7.46. The van der Waals surface area contributed by atoms with Gasteiger partial charge in [-0.25, -0.2) is 0 Å². The van der Waals surface area contributed by atoms with E-state index in [-0.39, 0.29) is 11.8 Å². The van der Waals surface area contributed by atoms with Gasteiger partial charge in [0.05, 0.1) is 0 Å². The molecule has 3 nitrogen and oxygen atoms in total. The molecular formula is C14H18BrNO2. The number of rotatable bonds is 5. The Morgan fingerprint density at radius 3 is 2.94 bits per heavy atom. The molecule has 2 rings (SSSR count). The fourth-order valence-electron chi connectivity index (χ4n) is 2.29. The highest BCUT2D eigenvalue weighted by Gasteiger charge is 2.32. The average Bonchev–Trinajstić information content (AvgIpc) is 2.81. The lowest BCUT2D eigenvalue weighted by Crippen LogP contribution is -2.37. The molecule has 0 aromatic heterocycles. The molecule has 18 heavy (non-hydrogen) atoms. The topological polar surface area (TPSA) is 29.5 Å². The molecule has 1 aliphatic heterocycles. The minimum Gasteiger partial charge on any atom is -0.492 e. The third-order valence-corrected chi connectivity index (χ3v) is 3.51. The zero-order valence-corrected chi connectivity index (χ0v) is 12.1. The molecule has 0 fully saturated rings. The molecule has 0 saturated heterocycles. The van der Waals surface area contributed by atoms with Gasteiger partial charge in [0.15, 0.2) is 0 Å². The normalized spacial score (nSPS) is 17.1. The largest absolute Gasteiger partial charge is 0.492 e. The highest BCUT2D eigenvalue weighted by atomic mass is 79.9. The van der Waals surface area contributed by atoms with E-state index in [1.54, 1.807) is 0 Å². The van der Waals surface area contributed by atoms with Gasteiger partial charge >= 0.3 is 0 Å². The second-order valence-corrected chi connectivity index (χ2v) is 5.21. The molecule has 0 aliphatic carbocycles. The average molecular weight is 312 g/mol. The Morgan fingerprint density at radius 1 is 1.44 bits per heavy atom. The number of nitrogens with zero attached hydrogens (tertiary/aromatic N) is 1. The van der Waals surface area contributed by atoms with E-state index in [0.717, 1.165) is 36.2 Å². The van der Waals surface area contributed by atoms with Crippen molar-refractivity contribution in [1.82, 2.24) is 4.90 Å². The highest BCUT2D eigenvalue weighted by molar-refractivity contribution is 9.09. The van der Waals surface area contributed by atoms with Crippen LogP contribution in [-0.4, -0.2) is 35.8 Å². The van der Waals surface area contributed by atoms with Crippen LogP contribution in [0.1, 0.15) is 24.8 Å². The van der Waals surface area contributed by atoms with Crippen molar-refractivity contribution >= 4 is 21.8 Å². The Morgan fingerprint density at radius 2 is 2.22 bits per heavy atom. The molecule has 0 bridgehead atoms. The predicted molar refractivity (Wildman–Crippen MR) is 75.3 cm³/mol. The maximum atomic E-state index is 12.5. The van der Waals surface area contributed by atoms with Crippen LogP contribution >= 0.6 is 15.9 Å². The van der Waals surface area contributed by atoms with Crippen LogP contribution in [-0.2, 0) is 4.79 Å². The Balaban J connectivity index is 2.14. The van der Waals surface area contributed by atoms with Crippen molar-refractivity contribution in [3.63, 3.8) is 0 Å². The van der Waals surface area contributed by atoms with E-state index in [1.165, 1.54) is 0 Å². The maximum absolute atomic E-state index is 12.5. The fourth-order valence-corrected chi connectivity index (χ4v) is 2.72. The van der Waals surface area contributed by atoms with E-state index in [9.17, 15) is 4.79 Å². The summed E-state index contributed by atoms with van der Waals surface area (Å²) in [7, 11) is 0. The van der Waals surface area contributed by atoms with Gasteiger partial charge in [-0.05, 0) is 12.5 Å². The van der Waals surface area contributed by atoms with Gasteiger partial charge in [-0.3, -0.25) is 4.79 Å². The van der Waals surface area contributed by atoms with Gasteiger partial charge in [-0.15, -0.1) is 0 Å². The maximum Gasteiger partial charge on any atom is 0.233 e. The Labute approximate surface area is 116 Å². The first-order chi connectivity index (χ1) is 8.77. The molecule has 1 unspecified atom stereocenters. The summed E-state index contributed by atoms with van der Waals surface area (Å²) in [5, 5.41) is 0.813. The van der Waals surface area contributed by atoms with Crippen LogP contribution in [0.2, 0.25) is 0 Å². The van der Waals surface area contributed by atoms with Crippen molar-refractivity contribution in [3.05, 3.63) is 29.8 Å². The van der Waals surface area contributed by atoms with Crippen LogP contribution in [0.15, 0.2) is 24.3 Å². The number of hydrogen-bond donors (Lipinski definition) is 0. The molecule has 0 N–H and O–H groups in total. The minimum atomic E-state index is -0.133. The third kappa shape index (κ3) is 2.69. The monoisotopic (exact) mass is 311 g/mol. The summed E-state index contributed by atoms with van der Waals surface area (Å²) in [4.78, 5) is 14.4. The van der Waals surface area contributed by atoms with Crippen LogP contribution in [0.3, 0.4) is 0 Å². The van der Waals surface area contributed by atoms with E-state index in [1.807, 2.05) is 29.2 Å². The molecular weight excluding hydrogens is 294 g/mol. The number of fused-ring (bicyclic) bond motifs is 1. The van der Waals surface area contributed by atoms with Crippen LogP contribution in [0.4, 0.5) is 0 Å². The minimum absolute atomic E-state index is 0.133. The van der Waals surface area contributed by atoms with Gasteiger partial charge in [0.2, 0.25) is 5.91 Å². The summed E-state index contributed by atoms with van der Waals surface area (Å²) in [5.41, 5.74) is 1.03. The number of alkyl halides is 1. The quantitative estimate of drug-likeness (QED) is 0.783. The van der Waals surface area contributed by atoms with E-state index >= 15 is 0 Å². The summed E-state index contributed by atoms with van der Waals surface area (Å²) < 4.78 is 5.58. The van der Waals surface area contributed by atoms with E-state index in [4.69, 9.17) is 4.74 Å². The van der Waals surface area contributed by atoms with Gasteiger partial charge < -0.3 is 9.64 Å². The molecule has 0 saturated carbocycles. The molecule has 98 valence electrons. The van der Waals surface area contributed by atoms with E-state index in [0.29, 0.717) is 6.61 Å². The molecule has 4 heteroatoms. The SMILES string of the molecule is CCCN(CCBr)C(=O)C1COc2ccccc21. The molecule has 1 aromatic rings. The zero-order valence-electron chi connectivity index (χ0n) is 10.6. The number of carbonyl (C=O) groups is 1. The highest BCUT2D eigenvalue weighted by Crippen LogP contribution is 2.34. The second-order valence-electron chi connectivity index (χ2n) is 4.42. The summed E-state index contributed by atoms with van der Waals surface area (Å²) in [6.45, 7) is 4.13. The number of carbonyl (C=O) groups excluding carboxylic acids is 1. The van der Waals surface area contributed by atoms with Crippen molar-refractivity contribution < 1.29 is 9.53 Å². The van der Waals surface area contributed by atoms with Crippen molar-refractivity contribution in [1.29, 1.82) is 0 Å². The zero-order chi connectivity index (χ0) is 13.0. The lowest BCUT2D eigenvalue weighted by Gasteiger charge is -2.24. The number of para-hydroxylation sites is 1. The van der Waals surface area contributed by atoms with Crippen LogP contribution < -0.4 is 4.74 Å². The number of ether oxygens (including phenoxy) is 1. The van der Waals surface area contributed by atoms with Crippen LogP contribution in [0, 0.1) is 0 Å². The fraction of sp³-hybridized carbons (Fsp3) is 0.500. The van der Waals surface area contributed by atoms with Crippen molar-refractivity contribution in [2.75, 3.05) is 25.0 Å². The van der Waals surface area contributed by atoms with Gasteiger partial charge in [0, 0.05) is 24.0 Å². The van der Waals surface area contributed by atoms with Gasteiger partial charge in [0.1, 0.15) is 18.3 Å². The van der Waals surface area contributed by atoms with E-state index < -0.39 is 0 Å². The number of halogens is 1. The number of amides is 1. The number of benzene rings is 1. The standard InChI is InChI=1S/C14H18BrNO2/c1-2-8-16(9-7-15)14(17)12-10-18-13-6-4-3-5-11(12)13/h3-6,12H,2,7-10H2,1H3. The van der Waals surface area contributed by atoms with Gasteiger partial charge in [-0.2, -0.15) is 0 Å². The lowest BCUT2D eigenvalue weighted by atomic mass is 10.00. The summed E-state index contributed by atoms with van der Waals surface area (Å²) in [6, 6.07) is 7.82. The third-order valence-electron chi connectivity index (χ3n) is 3.16. The Bertz CT molecular complexity index is 416. The first-order valence-electron chi connectivity index (χ1n) is 6.34. The molecule has 1 heterocycles. The Kier molecular flexibility index (Phi) is 4.64. The van der Waals surface area contributed by atoms with Gasteiger partial charge in [-0.1, -0.05) is 41.1 Å². The smallest absolute Gasteiger partial charge is 0.233 e. The molecule has 1 aromatic carbocycles. The van der Waals surface area contributed by atoms with Crippen molar-refractivity contribution in [3.8, 4) is 5.75 Å².